The number of nitrogens with two attached hydrogens (primary N) is 1. The van der Waals surface area contributed by atoms with Crippen LogP contribution in [0.15, 0.2) is 17.0 Å². The predicted molar refractivity (Wildman–Crippen MR) is 78.6 cm³/mol. The Hall–Kier alpha value is -0.570. The molecule has 0 aliphatic rings. The zero-order valence-corrected chi connectivity index (χ0v) is 13.2. The van der Waals surface area contributed by atoms with Crippen molar-refractivity contribution in [2.24, 2.45) is 0 Å². The molecule has 0 unspecified atom stereocenters. The second-order valence-electron chi connectivity index (χ2n) is 3.93. The van der Waals surface area contributed by atoms with Crippen molar-refractivity contribution in [2.45, 2.75) is 4.90 Å². The molecule has 20 heavy (non-hydrogen) atoms. The van der Waals surface area contributed by atoms with Crippen LogP contribution in [0.3, 0.4) is 0 Å². The molecule has 1 rings (SSSR count). The van der Waals surface area contributed by atoms with Gasteiger partial charge in [0.05, 0.1) is 23.3 Å². The Kier molecular flexibility index (Phi) is 6.50. The fourth-order valence-corrected chi connectivity index (χ4v) is 4.21. The van der Waals surface area contributed by atoms with E-state index in [1.54, 1.807) is 0 Å². The van der Waals surface area contributed by atoms with Crippen LogP contribution in [0.2, 0.25) is 10.0 Å². The Bertz CT molecular complexity index is 543. The normalized spacial score (nSPS) is 12.1. The van der Waals surface area contributed by atoms with E-state index in [9.17, 15) is 8.42 Å². The second kappa shape index (κ2) is 7.44. The number of aliphatic hydroxyl groups excluding tert-OH is 1. The minimum absolute atomic E-state index is 0.0599. The summed E-state index contributed by atoms with van der Waals surface area (Å²) in [5, 5.41) is 8.88. The summed E-state index contributed by atoms with van der Waals surface area (Å²) >= 11 is 11.9. The summed E-state index contributed by atoms with van der Waals surface area (Å²) < 4.78 is 31.0. The highest BCUT2D eigenvalue weighted by atomic mass is 35.5. The molecule has 0 spiro atoms. The largest absolute Gasteiger partial charge is 0.399 e. The first-order valence-electron chi connectivity index (χ1n) is 5.69. The van der Waals surface area contributed by atoms with E-state index in [-0.39, 0.29) is 46.9 Å². The van der Waals surface area contributed by atoms with E-state index in [0.717, 1.165) is 4.31 Å². The van der Waals surface area contributed by atoms with E-state index in [0.29, 0.717) is 0 Å². The van der Waals surface area contributed by atoms with Crippen LogP contribution >= 0.6 is 23.2 Å². The van der Waals surface area contributed by atoms with Crippen LogP contribution in [0.4, 0.5) is 5.69 Å². The minimum Gasteiger partial charge on any atom is -0.399 e. The number of methoxy groups -OCH3 is 1. The van der Waals surface area contributed by atoms with Crippen molar-refractivity contribution in [3.8, 4) is 0 Å². The number of nitrogen functional groups attached to an aromatic ring is 1. The van der Waals surface area contributed by atoms with Gasteiger partial charge < -0.3 is 15.6 Å². The Morgan fingerprint density at radius 3 is 2.30 bits per heavy atom. The first kappa shape index (κ1) is 17.5. The zero-order chi connectivity index (χ0) is 15.3. The van der Waals surface area contributed by atoms with Crippen LogP contribution in [-0.2, 0) is 14.8 Å². The zero-order valence-electron chi connectivity index (χ0n) is 10.8. The van der Waals surface area contributed by atoms with Crippen LogP contribution in [0.1, 0.15) is 0 Å². The van der Waals surface area contributed by atoms with Gasteiger partial charge in [-0.05, 0) is 12.1 Å². The molecule has 0 amide bonds. The van der Waals surface area contributed by atoms with Crippen molar-refractivity contribution < 1.29 is 18.3 Å². The highest BCUT2D eigenvalue weighted by Gasteiger charge is 2.29. The molecule has 0 bridgehead atoms. The SMILES string of the molecule is COCCN(CCO)S(=O)(=O)c1c(Cl)cc(N)cc1Cl. The number of rotatable bonds is 7. The van der Waals surface area contributed by atoms with Gasteiger partial charge >= 0.3 is 0 Å². The number of hydrogen-bond acceptors (Lipinski definition) is 5. The molecule has 3 N–H and O–H groups in total. The maximum Gasteiger partial charge on any atom is 0.246 e. The second-order valence-corrected chi connectivity index (χ2v) is 6.62. The third-order valence-electron chi connectivity index (χ3n) is 2.51. The molecule has 1 aromatic carbocycles. The molecule has 0 aliphatic heterocycles. The van der Waals surface area contributed by atoms with Crippen LogP contribution in [0, 0.1) is 0 Å². The number of ether oxygens (including phenoxy) is 1. The van der Waals surface area contributed by atoms with E-state index in [1.807, 2.05) is 0 Å². The number of benzene rings is 1. The Morgan fingerprint density at radius 2 is 1.85 bits per heavy atom. The molecule has 0 aromatic heterocycles. The first-order chi connectivity index (χ1) is 9.34. The summed E-state index contributed by atoms with van der Waals surface area (Å²) in [4.78, 5) is -0.223. The molecule has 0 atom stereocenters. The number of anilines is 1. The van der Waals surface area contributed by atoms with Crippen molar-refractivity contribution in [3.63, 3.8) is 0 Å². The number of aliphatic hydroxyl groups is 1. The van der Waals surface area contributed by atoms with Gasteiger partial charge in [-0.1, -0.05) is 23.2 Å². The summed E-state index contributed by atoms with van der Waals surface area (Å²) in [6, 6.07) is 2.63. The highest BCUT2D eigenvalue weighted by molar-refractivity contribution is 7.89. The highest BCUT2D eigenvalue weighted by Crippen LogP contribution is 2.33. The maximum atomic E-state index is 12.5. The summed E-state index contributed by atoms with van der Waals surface area (Å²) in [7, 11) is -2.49. The summed E-state index contributed by atoms with van der Waals surface area (Å²) in [6.07, 6.45) is 0. The minimum atomic E-state index is -3.94. The molecule has 0 saturated heterocycles. The molecule has 0 fully saturated rings. The van der Waals surface area contributed by atoms with Gasteiger partial charge in [0.25, 0.3) is 0 Å². The van der Waals surface area contributed by atoms with Crippen molar-refractivity contribution in [2.75, 3.05) is 39.1 Å². The van der Waals surface area contributed by atoms with Gasteiger partial charge in [-0.15, -0.1) is 0 Å². The van der Waals surface area contributed by atoms with Gasteiger partial charge in [-0.3, -0.25) is 0 Å². The average molecular weight is 343 g/mol. The third kappa shape index (κ3) is 3.97. The Balaban J connectivity index is 3.26. The van der Waals surface area contributed by atoms with Crippen LogP contribution in [0.25, 0.3) is 0 Å². The van der Waals surface area contributed by atoms with Crippen LogP contribution in [0.5, 0.6) is 0 Å². The van der Waals surface area contributed by atoms with E-state index >= 15 is 0 Å². The van der Waals surface area contributed by atoms with Crippen molar-refractivity contribution >= 4 is 38.9 Å². The number of halogens is 2. The lowest BCUT2D eigenvalue weighted by molar-refractivity contribution is 0.168. The number of nitrogens with zero attached hydrogens (tertiary/aromatic N) is 1. The smallest absolute Gasteiger partial charge is 0.246 e. The lowest BCUT2D eigenvalue weighted by Crippen LogP contribution is -2.36. The van der Waals surface area contributed by atoms with Gasteiger partial charge in [-0.2, -0.15) is 4.31 Å². The summed E-state index contributed by atoms with van der Waals surface area (Å²) in [6.45, 7) is -0.143. The van der Waals surface area contributed by atoms with Gasteiger partial charge in [0.2, 0.25) is 10.0 Å². The predicted octanol–water partition coefficient (Wildman–Crippen LogP) is 1.21. The van der Waals surface area contributed by atoms with Crippen molar-refractivity contribution in [3.05, 3.63) is 22.2 Å². The molecule has 0 saturated carbocycles. The van der Waals surface area contributed by atoms with Gasteiger partial charge in [0.1, 0.15) is 4.90 Å². The Morgan fingerprint density at radius 1 is 1.30 bits per heavy atom. The maximum absolute atomic E-state index is 12.5. The van der Waals surface area contributed by atoms with Gasteiger partial charge in [-0.25, -0.2) is 8.42 Å². The van der Waals surface area contributed by atoms with Crippen LogP contribution < -0.4 is 5.73 Å². The quantitative estimate of drug-likeness (QED) is 0.726. The lowest BCUT2D eigenvalue weighted by atomic mass is 10.3. The Labute approximate surface area is 128 Å². The molecule has 0 aliphatic carbocycles. The molecule has 0 radical (unpaired) electrons. The van der Waals surface area contributed by atoms with E-state index < -0.39 is 10.0 Å². The number of hydrogen-bond donors (Lipinski definition) is 2. The average Bonchev–Trinajstić information content (AvgIpc) is 2.32. The van der Waals surface area contributed by atoms with Gasteiger partial charge in [0, 0.05) is 25.9 Å². The molecule has 9 heteroatoms. The monoisotopic (exact) mass is 342 g/mol. The van der Waals surface area contributed by atoms with E-state index in [4.69, 9.17) is 38.8 Å². The molecular weight excluding hydrogens is 327 g/mol. The third-order valence-corrected chi connectivity index (χ3v) is 5.33. The standard InChI is InChI=1S/C11H16Cl2N2O4S/c1-19-5-3-15(2-4-16)20(17,18)11-9(12)6-8(14)7-10(11)13/h6-7,16H,2-5,14H2,1H3. The first-order valence-corrected chi connectivity index (χ1v) is 7.88. The van der Waals surface area contributed by atoms with Crippen molar-refractivity contribution in [1.82, 2.24) is 4.31 Å². The fraction of sp³-hybridized carbons (Fsp3) is 0.455. The summed E-state index contributed by atoms with van der Waals surface area (Å²) in [5.74, 6) is 0. The van der Waals surface area contributed by atoms with Gasteiger partial charge in [0.15, 0.2) is 0 Å². The molecule has 114 valence electrons. The van der Waals surface area contributed by atoms with Crippen LogP contribution in [-0.4, -0.2) is 51.2 Å². The van der Waals surface area contributed by atoms with Crippen molar-refractivity contribution in [1.29, 1.82) is 0 Å². The molecule has 1 aromatic rings. The van der Waals surface area contributed by atoms with E-state index in [2.05, 4.69) is 0 Å². The molecule has 6 nitrogen and oxygen atoms in total. The summed E-state index contributed by atoms with van der Waals surface area (Å²) in [5.41, 5.74) is 5.82. The fourth-order valence-electron chi connectivity index (χ4n) is 1.61. The topological polar surface area (TPSA) is 92.9 Å². The lowest BCUT2D eigenvalue weighted by Gasteiger charge is -2.22. The number of sulfonamides is 1. The molecule has 0 heterocycles. The molecular formula is C11H16Cl2N2O4S. The van der Waals surface area contributed by atoms with E-state index in [1.165, 1.54) is 19.2 Å².